The maximum absolute atomic E-state index is 12.5. The minimum Gasteiger partial charge on any atom is -0.341 e. The van der Waals surface area contributed by atoms with Gasteiger partial charge in [-0.3, -0.25) is 9.59 Å². The van der Waals surface area contributed by atoms with Crippen molar-refractivity contribution in [1.82, 2.24) is 15.0 Å². The number of anilines is 2. The van der Waals surface area contributed by atoms with E-state index >= 15 is 0 Å². The Morgan fingerprint density at radius 2 is 2.09 bits per heavy atom. The predicted molar refractivity (Wildman–Crippen MR) is 130 cm³/mol. The molecule has 7 nitrogen and oxygen atoms in total. The lowest BCUT2D eigenvalue weighted by atomic mass is 9.99. The molecule has 0 saturated heterocycles. The van der Waals surface area contributed by atoms with Gasteiger partial charge >= 0.3 is 0 Å². The fraction of sp³-hybridized carbons (Fsp3) is 0.217. The van der Waals surface area contributed by atoms with E-state index in [0.717, 1.165) is 45.8 Å². The Labute approximate surface area is 193 Å². The molecule has 32 heavy (non-hydrogen) atoms. The first-order valence-corrected chi connectivity index (χ1v) is 12.2. The zero-order chi connectivity index (χ0) is 22.1. The van der Waals surface area contributed by atoms with E-state index in [0.29, 0.717) is 17.3 Å². The van der Waals surface area contributed by atoms with E-state index in [1.165, 1.54) is 23.1 Å². The minimum absolute atomic E-state index is 0.0522. The number of para-hydroxylation sites is 2. The van der Waals surface area contributed by atoms with E-state index in [1.54, 1.807) is 0 Å². The SMILES string of the molecule is C[C@@H](SCC(=O)Nc1nc(-c2ccc3c(c2)CCC(=O)N3)cs1)c1nc2ccccc2[nH]1. The Morgan fingerprint density at radius 1 is 1.22 bits per heavy atom. The van der Waals surface area contributed by atoms with Crippen LogP contribution in [0.3, 0.4) is 0 Å². The van der Waals surface area contributed by atoms with Crippen molar-refractivity contribution in [2.75, 3.05) is 16.4 Å². The van der Waals surface area contributed by atoms with E-state index in [-0.39, 0.29) is 17.1 Å². The summed E-state index contributed by atoms with van der Waals surface area (Å²) in [6, 6.07) is 13.8. The summed E-state index contributed by atoms with van der Waals surface area (Å²) >= 11 is 2.93. The molecule has 9 heteroatoms. The largest absolute Gasteiger partial charge is 0.341 e. The molecule has 0 unspecified atom stereocenters. The summed E-state index contributed by atoms with van der Waals surface area (Å²) in [4.78, 5) is 36.5. The zero-order valence-electron chi connectivity index (χ0n) is 17.3. The highest BCUT2D eigenvalue weighted by Gasteiger charge is 2.17. The lowest BCUT2D eigenvalue weighted by Crippen LogP contribution is -2.18. The summed E-state index contributed by atoms with van der Waals surface area (Å²) < 4.78 is 0. The van der Waals surface area contributed by atoms with Gasteiger partial charge < -0.3 is 15.6 Å². The summed E-state index contributed by atoms with van der Waals surface area (Å²) in [6.07, 6.45) is 1.22. The van der Waals surface area contributed by atoms with Crippen LogP contribution in [0.1, 0.15) is 30.0 Å². The Balaban J connectivity index is 1.19. The molecule has 0 spiro atoms. The molecule has 2 amide bonds. The molecule has 4 aromatic rings. The Kier molecular flexibility index (Phi) is 5.67. The molecule has 1 atom stereocenters. The van der Waals surface area contributed by atoms with Crippen LogP contribution in [0, 0.1) is 0 Å². The number of benzene rings is 2. The third-order valence-electron chi connectivity index (χ3n) is 5.30. The van der Waals surface area contributed by atoms with E-state index < -0.39 is 0 Å². The average molecular weight is 464 g/mol. The first kappa shape index (κ1) is 20.7. The van der Waals surface area contributed by atoms with Crippen molar-refractivity contribution in [2.24, 2.45) is 0 Å². The van der Waals surface area contributed by atoms with E-state index in [9.17, 15) is 9.59 Å². The normalized spacial score (nSPS) is 14.1. The van der Waals surface area contributed by atoms with Gasteiger partial charge in [-0.2, -0.15) is 0 Å². The smallest absolute Gasteiger partial charge is 0.236 e. The Bertz CT molecular complexity index is 1280. The number of imidazole rings is 1. The number of carbonyl (C=O) groups excluding carboxylic acids is 2. The summed E-state index contributed by atoms with van der Waals surface area (Å²) in [7, 11) is 0. The molecule has 5 rings (SSSR count). The number of H-pyrrole nitrogens is 1. The zero-order valence-corrected chi connectivity index (χ0v) is 19.0. The van der Waals surface area contributed by atoms with Gasteiger partial charge in [0, 0.05) is 23.1 Å². The standard InChI is InChI=1S/C23H21N5O2S2/c1-13(22-25-17-4-2-3-5-18(17)26-22)31-12-21(30)28-23-27-19(11-32-23)15-6-8-16-14(10-15)7-9-20(29)24-16/h2-6,8,10-11,13H,7,9,12H2,1H3,(H,24,29)(H,25,26)(H,27,28,30)/t13-/m1/s1. The fourth-order valence-corrected chi connectivity index (χ4v) is 5.09. The van der Waals surface area contributed by atoms with Crippen molar-refractivity contribution in [3.8, 4) is 11.3 Å². The number of thiazole rings is 1. The van der Waals surface area contributed by atoms with Crippen LogP contribution < -0.4 is 10.6 Å². The van der Waals surface area contributed by atoms with Crippen LogP contribution in [0.25, 0.3) is 22.3 Å². The van der Waals surface area contributed by atoms with Gasteiger partial charge in [-0.05, 0) is 43.2 Å². The van der Waals surface area contributed by atoms with Gasteiger partial charge in [-0.15, -0.1) is 23.1 Å². The van der Waals surface area contributed by atoms with E-state index in [2.05, 4.69) is 31.7 Å². The molecule has 0 fully saturated rings. The van der Waals surface area contributed by atoms with E-state index in [4.69, 9.17) is 0 Å². The molecule has 0 aliphatic carbocycles. The Hall–Kier alpha value is -3.17. The summed E-state index contributed by atoms with van der Waals surface area (Å²) in [5, 5.41) is 8.36. The molecule has 0 bridgehead atoms. The number of fused-ring (bicyclic) bond motifs is 2. The second-order valence-corrected chi connectivity index (χ2v) is 9.79. The molecule has 1 aliphatic rings. The summed E-state index contributed by atoms with van der Waals surface area (Å²) in [5.74, 6) is 1.14. The molecular formula is C23H21N5O2S2. The number of aromatic nitrogens is 3. The average Bonchev–Trinajstić information content (AvgIpc) is 3.44. The van der Waals surface area contributed by atoms with Crippen molar-refractivity contribution in [2.45, 2.75) is 25.0 Å². The third kappa shape index (κ3) is 4.39. The monoisotopic (exact) mass is 463 g/mol. The molecule has 3 N–H and O–H groups in total. The highest BCUT2D eigenvalue weighted by Crippen LogP contribution is 2.31. The topological polar surface area (TPSA) is 99.8 Å². The lowest BCUT2D eigenvalue weighted by Gasteiger charge is -2.17. The van der Waals surface area contributed by atoms with Crippen LogP contribution in [0.2, 0.25) is 0 Å². The van der Waals surface area contributed by atoms with Crippen LogP contribution in [0.4, 0.5) is 10.8 Å². The minimum atomic E-state index is -0.0907. The molecule has 3 heterocycles. The van der Waals surface area contributed by atoms with Crippen molar-refractivity contribution in [1.29, 1.82) is 0 Å². The number of rotatable bonds is 6. The maximum atomic E-state index is 12.5. The van der Waals surface area contributed by atoms with Crippen molar-refractivity contribution in [3.05, 3.63) is 59.2 Å². The number of nitrogens with zero attached hydrogens (tertiary/aromatic N) is 2. The van der Waals surface area contributed by atoms with Crippen LogP contribution in [-0.4, -0.2) is 32.5 Å². The van der Waals surface area contributed by atoms with Crippen molar-refractivity contribution in [3.63, 3.8) is 0 Å². The molecule has 2 aromatic carbocycles. The molecule has 0 saturated carbocycles. The first-order valence-electron chi connectivity index (χ1n) is 10.3. The number of carbonyl (C=O) groups is 2. The predicted octanol–water partition coefficient (Wildman–Crippen LogP) is 5.00. The maximum Gasteiger partial charge on any atom is 0.236 e. The quantitative estimate of drug-likeness (QED) is 0.373. The van der Waals surface area contributed by atoms with Gasteiger partial charge in [0.1, 0.15) is 5.82 Å². The number of aromatic amines is 1. The number of thioether (sulfide) groups is 1. The second kappa shape index (κ2) is 8.76. The summed E-state index contributed by atoms with van der Waals surface area (Å²) in [6.45, 7) is 2.04. The second-order valence-electron chi connectivity index (χ2n) is 7.60. The number of amides is 2. The Morgan fingerprint density at radius 3 is 2.97 bits per heavy atom. The third-order valence-corrected chi connectivity index (χ3v) is 7.21. The van der Waals surface area contributed by atoms with Crippen LogP contribution in [-0.2, 0) is 16.0 Å². The molecule has 2 aromatic heterocycles. The summed E-state index contributed by atoms with van der Waals surface area (Å²) in [5.41, 5.74) is 5.69. The van der Waals surface area contributed by atoms with Gasteiger partial charge in [0.2, 0.25) is 11.8 Å². The lowest BCUT2D eigenvalue weighted by molar-refractivity contribution is -0.116. The van der Waals surface area contributed by atoms with Crippen LogP contribution >= 0.6 is 23.1 Å². The highest BCUT2D eigenvalue weighted by atomic mass is 32.2. The molecular weight excluding hydrogens is 442 g/mol. The van der Waals surface area contributed by atoms with Gasteiger partial charge in [-0.1, -0.05) is 18.2 Å². The number of hydrogen-bond donors (Lipinski definition) is 3. The first-order chi connectivity index (χ1) is 15.5. The van der Waals surface area contributed by atoms with Crippen molar-refractivity contribution >= 4 is 56.8 Å². The highest BCUT2D eigenvalue weighted by molar-refractivity contribution is 8.00. The van der Waals surface area contributed by atoms with Crippen LogP contribution in [0.15, 0.2) is 47.8 Å². The molecule has 162 valence electrons. The number of hydrogen-bond acceptors (Lipinski definition) is 6. The number of aryl methyl sites for hydroxylation is 1. The van der Waals surface area contributed by atoms with Gasteiger partial charge in [0.05, 0.1) is 27.7 Å². The fourth-order valence-electron chi connectivity index (χ4n) is 3.61. The number of nitrogens with one attached hydrogen (secondary N) is 3. The van der Waals surface area contributed by atoms with Crippen molar-refractivity contribution < 1.29 is 9.59 Å². The van der Waals surface area contributed by atoms with Gasteiger partial charge in [0.25, 0.3) is 0 Å². The molecule has 0 radical (unpaired) electrons. The van der Waals surface area contributed by atoms with Gasteiger partial charge in [-0.25, -0.2) is 9.97 Å². The van der Waals surface area contributed by atoms with E-state index in [1.807, 2.05) is 48.7 Å². The van der Waals surface area contributed by atoms with Gasteiger partial charge in [0.15, 0.2) is 5.13 Å². The molecule has 1 aliphatic heterocycles. The van der Waals surface area contributed by atoms with Crippen LogP contribution in [0.5, 0.6) is 0 Å².